The number of piperidine rings is 1. The van der Waals surface area contributed by atoms with Crippen LogP contribution in [-0.4, -0.2) is 47.0 Å². The number of fused-ring (bicyclic) bond motifs is 1. The van der Waals surface area contributed by atoms with Gasteiger partial charge in [-0.25, -0.2) is 0 Å². The van der Waals surface area contributed by atoms with E-state index in [2.05, 4.69) is 51.0 Å². The number of aromatic nitrogens is 3. The average Bonchev–Trinajstić information content (AvgIpc) is 3.44. The summed E-state index contributed by atoms with van der Waals surface area (Å²) in [6.07, 6.45) is 1.60. The molecule has 0 saturated carbocycles. The monoisotopic (exact) mass is 467 g/mol. The predicted octanol–water partition coefficient (Wildman–Crippen LogP) is 3.81. The molecule has 1 amide bonds. The van der Waals surface area contributed by atoms with E-state index < -0.39 is 0 Å². The maximum Gasteiger partial charge on any atom is 0.223 e. The molecule has 1 fully saturated rings. The zero-order chi connectivity index (χ0) is 22.9. The van der Waals surface area contributed by atoms with Crippen LogP contribution in [0.2, 0.25) is 0 Å². The van der Waals surface area contributed by atoms with Crippen LogP contribution in [0, 0.1) is 19.8 Å². The molecule has 0 unspecified atom stereocenters. The van der Waals surface area contributed by atoms with Gasteiger partial charge < -0.3 is 19.7 Å². The van der Waals surface area contributed by atoms with Crippen LogP contribution in [0.25, 0.3) is 5.13 Å². The number of ether oxygens (including phenoxy) is 2. The van der Waals surface area contributed by atoms with Crippen LogP contribution in [0.1, 0.15) is 42.8 Å². The molecule has 0 radical (unpaired) electrons. The van der Waals surface area contributed by atoms with E-state index in [-0.39, 0.29) is 17.9 Å². The number of amides is 1. The molecule has 0 bridgehead atoms. The Labute approximate surface area is 197 Å². The average molecular weight is 468 g/mol. The van der Waals surface area contributed by atoms with Crippen molar-refractivity contribution in [2.24, 2.45) is 5.92 Å². The van der Waals surface area contributed by atoms with Gasteiger partial charge in [0.15, 0.2) is 11.5 Å². The smallest absolute Gasteiger partial charge is 0.223 e. The Morgan fingerprint density at radius 3 is 2.42 bits per heavy atom. The Kier molecular flexibility index (Phi) is 5.97. The van der Waals surface area contributed by atoms with Crippen LogP contribution in [0.15, 0.2) is 30.3 Å². The predicted molar refractivity (Wildman–Crippen MR) is 128 cm³/mol. The van der Waals surface area contributed by atoms with Crippen molar-refractivity contribution in [1.29, 1.82) is 0 Å². The summed E-state index contributed by atoms with van der Waals surface area (Å²) >= 11 is 1.60. The number of rotatable bonds is 5. The van der Waals surface area contributed by atoms with E-state index in [1.54, 1.807) is 11.3 Å². The van der Waals surface area contributed by atoms with E-state index in [1.165, 1.54) is 0 Å². The second-order valence-electron chi connectivity index (χ2n) is 8.71. The molecule has 1 aromatic carbocycles. The molecule has 2 aliphatic heterocycles. The van der Waals surface area contributed by atoms with E-state index in [0.29, 0.717) is 13.2 Å². The van der Waals surface area contributed by atoms with E-state index in [1.807, 2.05) is 25.1 Å². The van der Waals surface area contributed by atoms with Crippen molar-refractivity contribution in [3.05, 3.63) is 47.3 Å². The maximum absolute atomic E-state index is 12.9. The van der Waals surface area contributed by atoms with Crippen LogP contribution in [0.4, 0.5) is 5.13 Å². The highest BCUT2D eigenvalue weighted by Gasteiger charge is 2.28. The van der Waals surface area contributed by atoms with Gasteiger partial charge in [0.05, 0.1) is 6.04 Å². The number of benzene rings is 1. The summed E-state index contributed by atoms with van der Waals surface area (Å²) in [6.45, 7) is 8.88. The summed E-state index contributed by atoms with van der Waals surface area (Å²) in [7, 11) is 0. The lowest BCUT2D eigenvalue weighted by Crippen LogP contribution is -2.41. The number of carbonyl (C=O) groups is 1. The van der Waals surface area contributed by atoms with Gasteiger partial charge in [-0.05, 0) is 63.4 Å². The molecule has 1 saturated heterocycles. The first-order valence-corrected chi connectivity index (χ1v) is 12.2. The number of anilines is 1. The van der Waals surface area contributed by atoms with Crippen LogP contribution in [-0.2, 0) is 4.79 Å². The van der Waals surface area contributed by atoms with Crippen molar-refractivity contribution >= 4 is 22.4 Å². The molecule has 33 heavy (non-hydrogen) atoms. The van der Waals surface area contributed by atoms with E-state index in [9.17, 15) is 4.79 Å². The molecule has 2 aromatic heterocycles. The Morgan fingerprint density at radius 2 is 1.70 bits per heavy atom. The number of hydrogen-bond acceptors (Lipinski definition) is 7. The molecule has 2 aliphatic rings. The quantitative estimate of drug-likeness (QED) is 0.615. The molecule has 9 heteroatoms. The highest BCUT2D eigenvalue weighted by molar-refractivity contribution is 7.17. The van der Waals surface area contributed by atoms with Crippen LogP contribution >= 0.6 is 11.3 Å². The highest BCUT2D eigenvalue weighted by atomic mass is 32.1. The molecular formula is C24H29N5O3S. The first-order valence-electron chi connectivity index (χ1n) is 11.4. The summed E-state index contributed by atoms with van der Waals surface area (Å²) in [4.78, 5) is 15.2. The molecule has 174 valence electrons. The van der Waals surface area contributed by atoms with Crippen LogP contribution in [0.5, 0.6) is 11.5 Å². The van der Waals surface area contributed by atoms with Crippen molar-refractivity contribution in [1.82, 2.24) is 20.1 Å². The molecule has 1 atom stereocenters. The maximum atomic E-state index is 12.9. The largest absolute Gasteiger partial charge is 0.486 e. The Balaban J connectivity index is 1.17. The van der Waals surface area contributed by atoms with Gasteiger partial charge in [0, 0.05) is 30.4 Å². The first kappa shape index (κ1) is 21.8. The summed E-state index contributed by atoms with van der Waals surface area (Å²) in [5.41, 5.74) is 3.32. The van der Waals surface area contributed by atoms with Crippen LogP contribution < -0.4 is 19.7 Å². The number of nitrogens with one attached hydrogen (secondary N) is 1. The van der Waals surface area contributed by atoms with Crippen molar-refractivity contribution in [3.63, 3.8) is 0 Å². The van der Waals surface area contributed by atoms with Gasteiger partial charge in [0.1, 0.15) is 13.2 Å². The molecule has 0 spiro atoms. The summed E-state index contributed by atoms with van der Waals surface area (Å²) < 4.78 is 13.4. The number of nitrogens with zero attached hydrogens (tertiary/aromatic N) is 4. The summed E-state index contributed by atoms with van der Waals surface area (Å²) in [6, 6.07) is 9.95. The lowest BCUT2D eigenvalue weighted by atomic mass is 9.95. The fourth-order valence-electron chi connectivity index (χ4n) is 4.47. The van der Waals surface area contributed by atoms with Crippen molar-refractivity contribution in [3.8, 4) is 16.6 Å². The molecular weight excluding hydrogens is 438 g/mol. The SMILES string of the molecule is Cc1ccc(C)n1-c1nnc(N2CCC(C(=O)N[C@H](C)c3ccc4c(c3)OCCO4)CC2)s1. The topological polar surface area (TPSA) is 81.5 Å². The van der Waals surface area contributed by atoms with E-state index >= 15 is 0 Å². The normalized spacial score (nSPS) is 17.1. The summed E-state index contributed by atoms with van der Waals surface area (Å²) in [5, 5.41) is 13.8. The zero-order valence-electron chi connectivity index (χ0n) is 19.2. The fraction of sp³-hybridized carbons (Fsp3) is 0.458. The minimum atomic E-state index is -0.0925. The second-order valence-corrected chi connectivity index (χ2v) is 9.65. The zero-order valence-corrected chi connectivity index (χ0v) is 20.0. The summed E-state index contributed by atoms with van der Waals surface area (Å²) in [5.74, 6) is 1.61. The van der Waals surface area contributed by atoms with Gasteiger partial charge >= 0.3 is 0 Å². The minimum Gasteiger partial charge on any atom is -0.486 e. The van der Waals surface area contributed by atoms with E-state index in [4.69, 9.17) is 9.47 Å². The number of carbonyl (C=O) groups excluding carboxylic acids is 1. The number of aryl methyl sites for hydroxylation is 2. The minimum absolute atomic E-state index is 0.00207. The molecule has 1 N–H and O–H groups in total. The fourth-order valence-corrected chi connectivity index (χ4v) is 5.49. The third-order valence-corrected chi connectivity index (χ3v) is 7.40. The number of hydrogen-bond donors (Lipinski definition) is 1. The Morgan fingerprint density at radius 1 is 1.03 bits per heavy atom. The van der Waals surface area contributed by atoms with Gasteiger partial charge in [-0.3, -0.25) is 9.36 Å². The van der Waals surface area contributed by atoms with Gasteiger partial charge in [-0.2, -0.15) is 0 Å². The standard InChI is InChI=1S/C24H29N5O3S/c1-15-4-5-16(2)29(15)24-27-26-23(33-24)28-10-8-18(9-11-28)22(30)25-17(3)19-6-7-20-21(14-19)32-13-12-31-20/h4-7,14,17-18H,8-13H2,1-3H3,(H,25,30)/t17-/m1/s1. The Hall–Kier alpha value is -3.07. The molecule has 8 nitrogen and oxygen atoms in total. The van der Waals surface area contributed by atoms with Crippen molar-refractivity contribution in [2.45, 2.75) is 39.7 Å². The third kappa shape index (κ3) is 4.42. The van der Waals surface area contributed by atoms with Gasteiger partial charge in [-0.1, -0.05) is 17.4 Å². The lowest BCUT2D eigenvalue weighted by Gasteiger charge is -2.31. The molecule has 3 aromatic rings. The molecule has 0 aliphatic carbocycles. The van der Waals surface area contributed by atoms with Gasteiger partial charge in [-0.15, -0.1) is 10.2 Å². The molecule has 5 rings (SSSR count). The Bertz CT molecular complexity index is 1130. The van der Waals surface area contributed by atoms with Crippen molar-refractivity contribution in [2.75, 3.05) is 31.2 Å². The van der Waals surface area contributed by atoms with Gasteiger partial charge in [0.2, 0.25) is 16.2 Å². The first-order chi connectivity index (χ1) is 16.0. The van der Waals surface area contributed by atoms with Crippen molar-refractivity contribution < 1.29 is 14.3 Å². The van der Waals surface area contributed by atoms with E-state index in [0.717, 1.165) is 64.6 Å². The van der Waals surface area contributed by atoms with Gasteiger partial charge in [0.25, 0.3) is 0 Å². The highest BCUT2D eigenvalue weighted by Crippen LogP contribution is 2.33. The second kappa shape index (κ2) is 9.05. The molecule has 4 heterocycles. The third-order valence-electron chi connectivity index (χ3n) is 6.43. The lowest BCUT2D eigenvalue weighted by molar-refractivity contribution is -0.126. The van der Waals surface area contributed by atoms with Crippen LogP contribution in [0.3, 0.4) is 0 Å².